The molecule has 3 heterocycles. The molecular weight excluding hydrogens is 458 g/mol. The van der Waals surface area contributed by atoms with Gasteiger partial charge >= 0.3 is 0 Å². The maximum atomic E-state index is 13.7. The van der Waals surface area contributed by atoms with Gasteiger partial charge in [0.25, 0.3) is 5.91 Å². The van der Waals surface area contributed by atoms with E-state index in [4.69, 9.17) is 4.52 Å². The van der Waals surface area contributed by atoms with E-state index in [0.29, 0.717) is 11.6 Å². The zero-order valence-corrected chi connectivity index (χ0v) is 21.5. The molecule has 5 heteroatoms. The maximum absolute atomic E-state index is 13.7. The van der Waals surface area contributed by atoms with Gasteiger partial charge in [-0.3, -0.25) is 9.69 Å². The van der Waals surface area contributed by atoms with Gasteiger partial charge in [0.15, 0.2) is 11.5 Å². The van der Waals surface area contributed by atoms with Crippen LogP contribution >= 0.6 is 0 Å². The fourth-order valence-corrected chi connectivity index (χ4v) is 6.74. The lowest BCUT2D eigenvalue weighted by Crippen LogP contribution is -2.44. The van der Waals surface area contributed by atoms with Crippen LogP contribution in [0.5, 0.6) is 0 Å². The van der Waals surface area contributed by atoms with Gasteiger partial charge in [0.05, 0.1) is 0 Å². The number of aryl methyl sites for hydroxylation is 1. The summed E-state index contributed by atoms with van der Waals surface area (Å²) in [6.45, 7) is 7.19. The monoisotopic (exact) mass is 491 g/mol. The number of hydrogen-bond acceptors (Lipinski definition) is 4. The largest absolute Gasteiger partial charge is 0.355 e. The lowest BCUT2D eigenvalue weighted by Gasteiger charge is -2.37. The number of hydrogen-bond donors (Lipinski definition) is 0. The molecule has 0 radical (unpaired) electrons. The van der Waals surface area contributed by atoms with Crippen molar-refractivity contribution >= 4 is 16.7 Å². The summed E-state index contributed by atoms with van der Waals surface area (Å²) < 4.78 is 5.85. The quantitative estimate of drug-likeness (QED) is 0.348. The van der Waals surface area contributed by atoms with Gasteiger partial charge < -0.3 is 9.42 Å². The fourth-order valence-electron chi connectivity index (χ4n) is 6.74. The normalized spacial score (nSPS) is 19.9. The third-order valence-electron chi connectivity index (χ3n) is 8.57. The van der Waals surface area contributed by atoms with Gasteiger partial charge in [0.2, 0.25) is 0 Å². The van der Waals surface area contributed by atoms with Gasteiger partial charge in [-0.1, -0.05) is 72.7 Å². The highest BCUT2D eigenvalue weighted by atomic mass is 16.5. The Morgan fingerprint density at radius 1 is 1.03 bits per heavy atom. The maximum Gasteiger partial charge on any atom is 0.276 e. The average molecular weight is 492 g/mol. The average Bonchev–Trinajstić information content (AvgIpc) is 3.36. The Kier molecular flexibility index (Phi) is 5.62. The van der Waals surface area contributed by atoms with Crippen molar-refractivity contribution in [1.29, 1.82) is 0 Å². The molecule has 2 fully saturated rings. The van der Waals surface area contributed by atoms with E-state index in [1.165, 1.54) is 40.6 Å². The molecule has 37 heavy (non-hydrogen) atoms. The van der Waals surface area contributed by atoms with Crippen molar-refractivity contribution in [2.24, 2.45) is 5.92 Å². The standard InChI is InChI=1S/C32H33N3O2/c1-21-17-34(18-21)19-22-11-13-28-24(16-22)12-14-29-30(33-37-31(28)29)32(36)35-15-5-8-25(20-35)27-10-4-7-23-6-2-3-9-26(23)27/h2-4,6-7,9-11,13,16,21,25H,5,8,12,14-15,17-20H2,1H3. The molecule has 0 N–H and O–H groups in total. The Morgan fingerprint density at radius 3 is 2.78 bits per heavy atom. The van der Waals surface area contributed by atoms with E-state index in [9.17, 15) is 4.79 Å². The molecule has 1 unspecified atom stereocenters. The topological polar surface area (TPSA) is 49.6 Å². The van der Waals surface area contributed by atoms with Gasteiger partial charge in [-0.15, -0.1) is 0 Å². The van der Waals surface area contributed by atoms with Gasteiger partial charge in [0, 0.05) is 49.8 Å². The number of carbonyl (C=O) groups is 1. The third-order valence-corrected chi connectivity index (χ3v) is 8.57. The Hall–Kier alpha value is -3.44. The summed E-state index contributed by atoms with van der Waals surface area (Å²) in [5, 5.41) is 6.90. The zero-order chi connectivity index (χ0) is 24.9. The molecular formula is C32H33N3O2. The minimum atomic E-state index is 0.0157. The summed E-state index contributed by atoms with van der Waals surface area (Å²) in [4.78, 5) is 18.2. The summed E-state index contributed by atoms with van der Waals surface area (Å²) in [6.07, 6.45) is 3.83. The number of fused-ring (bicyclic) bond motifs is 4. The van der Waals surface area contributed by atoms with Crippen LogP contribution in [-0.2, 0) is 19.4 Å². The fraction of sp³-hybridized carbons (Fsp3) is 0.375. The molecule has 4 aromatic rings. The Bertz CT molecular complexity index is 1480. The van der Waals surface area contributed by atoms with Crippen molar-refractivity contribution in [3.05, 3.63) is 88.6 Å². The van der Waals surface area contributed by atoms with Crippen LogP contribution in [0.2, 0.25) is 0 Å². The molecule has 5 nitrogen and oxygen atoms in total. The van der Waals surface area contributed by atoms with Crippen LogP contribution in [0, 0.1) is 5.92 Å². The van der Waals surface area contributed by atoms with Crippen LogP contribution in [0.3, 0.4) is 0 Å². The number of carbonyl (C=O) groups excluding carboxylic acids is 1. The van der Waals surface area contributed by atoms with E-state index in [1.54, 1.807) is 0 Å². The van der Waals surface area contributed by atoms with Crippen LogP contribution in [0.4, 0.5) is 0 Å². The van der Waals surface area contributed by atoms with Gasteiger partial charge in [-0.2, -0.15) is 0 Å². The van der Waals surface area contributed by atoms with Crippen LogP contribution in [0.1, 0.15) is 58.4 Å². The van der Waals surface area contributed by atoms with E-state index in [0.717, 1.165) is 68.1 Å². The molecule has 1 aliphatic carbocycles. The van der Waals surface area contributed by atoms with Crippen molar-refractivity contribution in [3.8, 4) is 11.3 Å². The first kappa shape index (κ1) is 22.7. The molecule has 0 spiro atoms. The van der Waals surface area contributed by atoms with Crippen LogP contribution < -0.4 is 0 Å². The van der Waals surface area contributed by atoms with Crippen LogP contribution in [-0.4, -0.2) is 47.0 Å². The van der Waals surface area contributed by atoms with Crippen molar-refractivity contribution in [2.75, 3.05) is 26.2 Å². The summed E-state index contributed by atoms with van der Waals surface area (Å²) in [7, 11) is 0. The smallest absolute Gasteiger partial charge is 0.276 e. The van der Waals surface area contributed by atoms with Crippen molar-refractivity contribution in [3.63, 3.8) is 0 Å². The first-order valence-corrected chi connectivity index (χ1v) is 13.7. The zero-order valence-electron chi connectivity index (χ0n) is 21.5. The SMILES string of the molecule is CC1CN(Cc2ccc3c(c2)CCc2c(C(=O)N4CCCC(c5cccc6ccccc56)C4)noc2-3)C1. The Morgan fingerprint density at radius 2 is 1.89 bits per heavy atom. The van der Waals surface area contributed by atoms with E-state index in [-0.39, 0.29) is 5.91 Å². The summed E-state index contributed by atoms with van der Waals surface area (Å²) in [5.41, 5.74) is 6.60. The molecule has 7 rings (SSSR count). The second kappa shape index (κ2) is 9.14. The lowest BCUT2D eigenvalue weighted by molar-refractivity contribution is 0.0696. The second-order valence-corrected chi connectivity index (χ2v) is 11.3. The Labute approximate surface area is 218 Å². The lowest BCUT2D eigenvalue weighted by atomic mass is 9.86. The first-order valence-electron chi connectivity index (χ1n) is 13.7. The number of piperidine rings is 1. The van der Waals surface area contributed by atoms with Gasteiger partial charge in [-0.05, 0) is 59.1 Å². The number of nitrogens with zero attached hydrogens (tertiary/aromatic N) is 3. The molecule has 3 aromatic carbocycles. The third kappa shape index (κ3) is 4.06. The molecule has 1 atom stereocenters. The molecule has 2 saturated heterocycles. The van der Waals surface area contributed by atoms with Crippen molar-refractivity contribution in [1.82, 2.24) is 15.0 Å². The molecule has 1 amide bonds. The minimum absolute atomic E-state index is 0.0157. The minimum Gasteiger partial charge on any atom is -0.355 e. The van der Waals surface area contributed by atoms with Crippen LogP contribution in [0.25, 0.3) is 22.1 Å². The second-order valence-electron chi connectivity index (χ2n) is 11.3. The van der Waals surface area contributed by atoms with E-state index >= 15 is 0 Å². The van der Waals surface area contributed by atoms with Gasteiger partial charge in [-0.25, -0.2) is 0 Å². The summed E-state index contributed by atoms with van der Waals surface area (Å²) in [5.74, 6) is 1.95. The number of amides is 1. The Balaban J connectivity index is 1.12. The number of rotatable bonds is 4. The highest BCUT2D eigenvalue weighted by Gasteiger charge is 2.33. The molecule has 188 valence electrons. The molecule has 0 saturated carbocycles. The predicted molar refractivity (Wildman–Crippen MR) is 146 cm³/mol. The molecule has 1 aromatic heterocycles. The van der Waals surface area contributed by atoms with E-state index in [1.807, 2.05) is 4.90 Å². The number of benzene rings is 3. The molecule has 0 bridgehead atoms. The predicted octanol–water partition coefficient (Wildman–Crippen LogP) is 6.06. The van der Waals surface area contributed by atoms with Crippen molar-refractivity contribution in [2.45, 2.75) is 45.1 Å². The van der Waals surface area contributed by atoms with Crippen molar-refractivity contribution < 1.29 is 9.32 Å². The molecule has 2 aliphatic heterocycles. The highest BCUT2D eigenvalue weighted by molar-refractivity contribution is 5.96. The summed E-state index contributed by atoms with van der Waals surface area (Å²) in [6, 6.07) is 21.8. The van der Waals surface area contributed by atoms with E-state index < -0.39 is 0 Å². The number of aromatic nitrogens is 1. The highest BCUT2D eigenvalue weighted by Crippen LogP contribution is 2.38. The van der Waals surface area contributed by atoms with Gasteiger partial charge in [0.1, 0.15) is 0 Å². The first-order chi connectivity index (χ1) is 18.1. The summed E-state index contributed by atoms with van der Waals surface area (Å²) >= 11 is 0. The number of likely N-dealkylation sites (tertiary alicyclic amines) is 2. The van der Waals surface area contributed by atoms with Crippen LogP contribution in [0.15, 0.2) is 65.2 Å². The molecule has 3 aliphatic rings. The van der Waals surface area contributed by atoms with E-state index in [2.05, 4.69) is 77.6 Å².